The summed E-state index contributed by atoms with van der Waals surface area (Å²) in [5, 5.41) is 0. The third kappa shape index (κ3) is 10.3. The summed E-state index contributed by atoms with van der Waals surface area (Å²) in [6, 6.07) is 0. The molecule has 0 fully saturated rings. The minimum absolute atomic E-state index is 0.167. The Morgan fingerprint density at radius 2 is 2.00 bits per heavy atom. The summed E-state index contributed by atoms with van der Waals surface area (Å²) in [6.45, 7) is 0. The second-order valence-corrected chi connectivity index (χ2v) is 7.46. The molecule has 1 unspecified atom stereocenters. The van der Waals surface area contributed by atoms with E-state index in [1.54, 1.807) is 0 Å². The Bertz CT molecular complexity index is 94.2. The molecular formula is H2P2S2. The standard InChI is InChI=1S/H2P2S2/c1-4(2)3/h1H2. The molecule has 0 amide bonds. The summed E-state index contributed by atoms with van der Waals surface area (Å²) in [5.74, 6) is 0. The average molecular weight is 128 g/mol. The molecule has 0 aromatic rings. The van der Waals surface area contributed by atoms with E-state index in [0.717, 1.165) is 0 Å². The van der Waals surface area contributed by atoms with E-state index in [9.17, 15) is 0 Å². The Morgan fingerprint density at radius 3 is 2.00 bits per heavy atom. The molecule has 4 heavy (non-hydrogen) atoms. The predicted molar refractivity (Wildman–Crippen MR) is 31.4 cm³/mol. The monoisotopic (exact) mass is 128 g/mol. The van der Waals surface area contributed by atoms with Crippen LogP contribution in [0.15, 0.2) is 0 Å². The molecule has 0 saturated carbocycles. The van der Waals surface area contributed by atoms with Crippen LogP contribution < -0.4 is 0 Å². The zero-order chi connectivity index (χ0) is 3.58. The van der Waals surface area contributed by atoms with E-state index in [1.807, 2.05) is 0 Å². The van der Waals surface area contributed by atoms with Crippen LogP contribution in [-0.2, 0) is 19.2 Å². The van der Waals surface area contributed by atoms with E-state index >= 15 is 0 Å². The summed E-state index contributed by atoms with van der Waals surface area (Å²) >= 11 is 4.48. The van der Waals surface area contributed by atoms with Gasteiger partial charge in [0.05, 0.1) is 0 Å². The van der Waals surface area contributed by atoms with Gasteiger partial charge in [0, 0.05) is 0 Å². The van der Waals surface area contributed by atoms with E-state index in [2.05, 4.69) is 27.4 Å². The summed E-state index contributed by atoms with van der Waals surface area (Å²) in [7, 11) is 5.97. The first-order chi connectivity index (χ1) is 1.73. The van der Waals surface area contributed by atoms with Crippen molar-refractivity contribution in [2.45, 2.75) is 0 Å². The Hall–Kier alpha value is 1.30. The van der Waals surface area contributed by atoms with Gasteiger partial charge >= 0.3 is 35.5 Å². The number of hydrogen-bond donors (Lipinski definition) is 0. The van der Waals surface area contributed by atoms with E-state index in [0.29, 0.717) is 0 Å². The molecule has 4 heteroatoms. The van der Waals surface area contributed by atoms with Crippen LogP contribution in [0.3, 0.4) is 0 Å². The quantitative estimate of drug-likeness (QED) is 0.441. The van der Waals surface area contributed by atoms with Crippen molar-refractivity contribution >= 4 is 35.5 Å². The zero-order valence-electron chi connectivity index (χ0n) is 1.84. The maximum atomic E-state index is 4.48. The Kier molecular flexibility index (Phi) is 3.36. The molecule has 0 aliphatic rings. The number of hydrogen-bond acceptors (Lipinski definition) is 1. The van der Waals surface area contributed by atoms with Crippen LogP contribution in [0.1, 0.15) is 0 Å². The van der Waals surface area contributed by atoms with Crippen LogP contribution in [0.4, 0.5) is 0 Å². The summed E-state index contributed by atoms with van der Waals surface area (Å²) in [5.41, 5.74) is 0. The first kappa shape index (κ1) is 5.30. The summed E-state index contributed by atoms with van der Waals surface area (Å²) < 4.78 is 0. The molecule has 1 atom stereocenters. The van der Waals surface area contributed by atoms with Crippen LogP contribution in [0.2, 0.25) is 0 Å². The molecule has 0 heterocycles. The van der Waals surface area contributed by atoms with Crippen LogP contribution in [0.25, 0.3) is 0 Å². The van der Waals surface area contributed by atoms with E-state index in [-0.39, 0.29) is 8.05 Å². The van der Waals surface area contributed by atoms with Crippen molar-refractivity contribution in [1.82, 2.24) is 0 Å². The summed E-state index contributed by atoms with van der Waals surface area (Å²) in [4.78, 5) is 0. The van der Waals surface area contributed by atoms with Crippen molar-refractivity contribution in [3.8, 4) is 0 Å². The second-order valence-electron chi connectivity index (χ2n) is 0.276. The fraction of sp³-hybridized carbons (Fsp3) is 0. The SMILES string of the molecule is P#S(P)=S. The van der Waals surface area contributed by atoms with Gasteiger partial charge in [-0.05, 0) is 0 Å². The predicted octanol–water partition coefficient (Wildman–Crippen LogP) is 1.18. The van der Waals surface area contributed by atoms with Crippen molar-refractivity contribution < 1.29 is 0 Å². The van der Waals surface area contributed by atoms with Gasteiger partial charge in [-0.25, -0.2) is 0 Å². The Balaban J connectivity index is 3.85. The Labute approximate surface area is 36.0 Å². The van der Waals surface area contributed by atoms with Crippen LogP contribution >= 0.6 is 16.3 Å². The molecule has 0 aliphatic carbocycles. The van der Waals surface area contributed by atoms with Gasteiger partial charge in [0.1, 0.15) is 0 Å². The molecule has 0 nitrogen and oxygen atoms in total. The van der Waals surface area contributed by atoms with E-state index < -0.39 is 0 Å². The molecule has 0 spiro atoms. The van der Waals surface area contributed by atoms with Crippen molar-refractivity contribution in [3.05, 3.63) is 0 Å². The molecule has 24 valence electrons. The third-order valence-electron chi connectivity index (χ3n) is 0. The second kappa shape index (κ2) is 2.53. The third-order valence-corrected chi connectivity index (χ3v) is 0. The van der Waals surface area contributed by atoms with Crippen LogP contribution in [0, 0.1) is 0 Å². The molecule has 0 aliphatic heterocycles. The van der Waals surface area contributed by atoms with Crippen molar-refractivity contribution in [3.63, 3.8) is 0 Å². The van der Waals surface area contributed by atoms with Gasteiger partial charge in [-0.2, -0.15) is 0 Å². The van der Waals surface area contributed by atoms with Gasteiger partial charge in [-0.1, -0.05) is 0 Å². The fourth-order valence-corrected chi connectivity index (χ4v) is 0. The first-order valence-electron chi connectivity index (χ1n) is 0.585. The van der Waals surface area contributed by atoms with Gasteiger partial charge in [0.15, 0.2) is 0 Å². The average Bonchev–Trinajstić information content (AvgIpc) is 0.811. The van der Waals surface area contributed by atoms with Crippen LogP contribution in [0.5, 0.6) is 0 Å². The first-order valence-corrected chi connectivity index (χ1v) is 5.26. The van der Waals surface area contributed by atoms with Crippen LogP contribution in [-0.4, -0.2) is 0 Å². The number of rotatable bonds is 0. The fourth-order valence-electron chi connectivity index (χ4n) is 0. The molecular weight excluding hydrogens is 126 g/mol. The normalized spacial score (nSPS) is 6.00. The van der Waals surface area contributed by atoms with Gasteiger partial charge < -0.3 is 0 Å². The van der Waals surface area contributed by atoms with Crippen molar-refractivity contribution in [2.24, 2.45) is 0 Å². The maximum absolute atomic E-state index is 4.48. The van der Waals surface area contributed by atoms with Gasteiger partial charge in [0.2, 0.25) is 0 Å². The topological polar surface area (TPSA) is 0 Å². The molecule has 0 bridgehead atoms. The molecule has 0 radical (unpaired) electrons. The van der Waals surface area contributed by atoms with Gasteiger partial charge in [0.25, 0.3) is 0 Å². The van der Waals surface area contributed by atoms with E-state index in [4.69, 9.17) is 0 Å². The molecule has 0 rings (SSSR count). The van der Waals surface area contributed by atoms with E-state index in [1.165, 1.54) is 0 Å². The zero-order valence-corrected chi connectivity index (χ0v) is 5.52. The van der Waals surface area contributed by atoms with Gasteiger partial charge in [-0.15, -0.1) is 0 Å². The van der Waals surface area contributed by atoms with Gasteiger partial charge in [-0.3, -0.25) is 0 Å². The molecule has 0 aromatic carbocycles. The molecule has 0 aromatic heterocycles. The van der Waals surface area contributed by atoms with Crippen molar-refractivity contribution in [1.29, 1.82) is 0 Å². The van der Waals surface area contributed by atoms with Crippen molar-refractivity contribution in [2.75, 3.05) is 0 Å². The summed E-state index contributed by atoms with van der Waals surface area (Å²) in [6.07, 6.45) is 0. The molecule has 0 N–H and O–H groups in total. The Morgan fingerprint density at radius 1 is 2.00 bits per heavy atom. The molecule has 0 saturated heterocycles. The minimum atomic E-state index is -0.167.